The summed E-state index contributed by atoms with van der Waals surface area (Å²) < 4.78 is 4.95. The number of ether oxygens (including phenoxy) is 1. The Hall–Kier alpha value is -1.59. The maximum Gasteiger partial charge on any atom is 0.242 e. The van der Waals surface area contributed by atoms with Crippen molar-refractivity contribution in [2.24, 2.45) is 0 Å². The summed E-state index contributed by atoms with van der Waals surface area (Å²) in [5, 5.41) is 3.48. The molecule has 23 heavy (non-hydrogen) atoms. The summed E-state index contributed by atoms with van der Waals surface area (Å²) in [7, 11) is 1.62. The third-order valence-corrected chi connectivity index (χ3v) is 3.81. The molecule has 1 aromatic carbocycles. The minimum Gasteiger partial charge on any atom is -0.385 e. The zero-order valence-electron chi connectivity index (χ0n) is 14.0. The Bertz CT molecular complexity index is 505. The van der Waals surface area contributed by atoms with Crippen LogP contribution < -0.4 is 5.32 Å². The molecule has 0 aromatic heterocycles. The van der Waals surface area contributed by atoms with E-state index in [2.05, 4.69) is 5.32 Å². The van der Waals surface area contributed by atoms with E-state index in [1.54, 1.807) is 38.0 Å². The summed E-state index contributed by atoms with van der Waals surface area (Å²) in [4.78, 5) is 26.0. The van der Waals surface area contributed by atoms with Gasteiger partial charge in [-0.25, -0.2) is 0 Å². The van der Waals surface area contributed by atoms with Crippen LogP contribution in [-0.2, 0) is 20.9 Å². The first-order valence-corrected chi connectivity index (χ1v) is 8.18. The molecule has 0 fully saturated rings. The highest BCUT2D eigenvalue weighted by molar-refractivity contribution is 6.30. The van der Waals surface area contributed by atoms with Crippen LogP contribution in [0.5, 0.6) is 0 Å². The maximum atomic E-state index is 12.2. The van der Waals surface area contributed by atoms with Gasteiger partial charge in [0.1, 0.15) is 6.04 Å². The molecule has 1 aromatic rings. The number of carbonyl (C=O) groups is 2. The van der Waals surface area contributed by atoms with Crippen LogP contribution in [0.3, 0.4) is 0 Å². The molecule has 0 bridgehead atoms. The minimum absolute atomic E-state index is 0.0560. The zero-order valence-corrected chi connectivity index (χ0v) is 14.7. The van der Waals surface area contributed by atoms with Crippen molar-refractivity contribution in [1.82, 2.24) is 10.2 Å². The van der Waals surface area contributed by atoms with Crippen molar-refractivity contribution in [2.45, 2.75) is 39.3 Å². The molecule has 0 heterocycles. The maximum absolute atomic E-state index is 12.2. The molecule has 2 amide bonds. The van der Waals surface area contributed by atoms with Gasteiger partial charge in [-0.1, -0.05) is 30.7 Å². The molecule has 0 aliphatic heterocycles. The topological polar surface area (TPSA) is 58.6 Å². The molecular formula is C17H25ClN2O3. The zero-order chi connectivity index (χ0) is 17.2. The number of amides is 2. The first-order valence-electron chi connectivity index (χ1n) is 7.80. The molecule has 1 atom stereocenters. The van der Waals surface area contributed by atoms with Gasteiger partial charge >= 0.3 is 0 Å². The fourth-order valence-electron chi connectivity index (χ4n) is 2.15. The van der Waals surface area contributed by atoms with Crippen molar-refractivity contribution in [3.63, 3.8) is 0 Å². The van der Waals surface area contributed by atoms with E-state index in [1.165, 1.54) is 0 Å². The fraction of sp³-hybridized carbons (Fsp3) is 0.529. The van der Waals surface area contributed by atoms with E-state index in [0.717, 1.165) is 12.0 Å². The fourth-order valence-corrected chi connectivity index (χ4v) is 2.27. The van der Waals surface area contributed by atoms with Crippen molar-refractivity contribution in [3.8, 4) is 0 Å². The van der Waals surface area contributed by atoms with E-state index >= 15 is 0 Å². The normalized spacial score (nSPS) is 11.8. The number of benzene rings is 1. The van der Waals surface area contributed by atoms with Gasteiger partial charge in [0.05, 0.1) is 0 Å². The van der Waals surface area contributed by atoms with E-state index in [0.29, 0.717) is 31.1 Å². The number of hydrogen-bond acceptors (Lipinski definition) is 3. The second kappa shape index (κ2) is 10.2. The molecular weight excluding hydrogens is 316 g/mol. The van der Waals surface area contributed by atoms with Crippen molar-refractivity contribution >= 4 is 23.4 Å². The molecule has 1 N–H and O–H groups in total. The van der Waals surface area contributed by atoms with E-state index in [-0.39, 0.29) is 11.8 Å². The summed E-state index contributed by atoms with van der Waals surface area (Å²) in [5.41, 5.74) is 0.940. The number of nitrogens with one attached hydrogen (secondary N) is 1. The Balaban J connectivity index is 2.70. The molecule has 5 nitrogen and oxygen atoms in total. The van der Waals surface area contributed by atoms with Crippen molar-refractivity contribution in [3.05, 3.63) is 34.9 Å². The van der Waals surface area contributed by atoms with Crippen LogP contribution in [0, 0.1) is 0 Å². The summed E-state index contributed by atoms with van der Waals surface area (Å²) >= 11 is 5.88. The van der Waals surface area contributed by atoms with Gasteiger partial charge in [0.15, 0.2) is 0 Å². The van der Waals surface area contributed by atoms with Gasteiger partial charge < -0.3 is 15.0 Å². The predicted octanol–water partition coefficient (Wildman–Crippen LogP) is 2.62. The number of rotatable bonds is 9. The van der Waals surface area contributed by atoms with Crippen molar-refractivity contribution < 1.29 is 14.3 Å². The second-order valence-corrected chi connectivity index (χ2v) is 5.75. The van der Waals surface area contributed by atoms with Crippen molar-refractivity contribution in [2.75, 3.05) is 20.3 Å². The highest BCUT2D eigenvalue weighted by atomic mass is 35.5. The first kappa shape index (κ1) is 19.5. The molecule has 1 rings (SSSR count). The summed E-state index contributed by atoms with van der Waals surface area (Å²) in [6.45, 7) is 5.05. The SMILES string of the molecule is CCC(=O)N(Cc1ccc(Cl)cc1)[C@H](C)C(=O)NCCCOC. The monoisotopic (exact) mass is 340 g/mol. The summed E-state index contributed by atoms with van der Waals surface area (Å²) in [6.07, 6.45) is 1.10. The Labute approximate surface area is 142 Å². The molecule has 0 radical (unpaired) electrons. The lowest BCUT2D eigenvalue weighted by molar-refractivity contribution is -0.140. The smallest absolute Gasteiger partial charge is 0.242 e. The van der Waals surface area contributed by atoms with Crippen LogP contribution in [0.4, 0.5) is 0 Å². The van der Waals surface area contributed by atoms with Gasteiger partial charge in [0.25, 0.3) is 0 Å². The molecule has 6 heteroatoms. The van der Waals surface area contributed by atoms with Crippen molar-refractivity contribution in [1.29, 1.82) is 0 Å². The molecule has 0 saturated heterocycles. The van der Waals surface area contributed by atoms with Gasteiger partial charge in [-0.05, 0) is 31.0 Å². The summed E-state index contributed by atoms with van der Waals surface area (Å²) in [6, 6.07) is 6.76. The van der Waals surface area contributed by atoms with Crippen LogP contribution >= 0.6 is 11.6 Å². The van der Waals surface area contributed by atoms with E-state index in [1.807, 2.05) is 12.1 Å². The van der Waals surface area contributed by atoms with Crippen LogP contribution in [0.25, 0.3) is 0 Å². The van der Waals surface area contributed by atoms with Crippen LogP contribution in [-0.4, -0.2) is 43.0 Å². The molecule has 128 valence electrons. The minimum atomic E-state index is -0.527. The Morgan fingerprint density at radius 3 is 2.52 bits per heavy atom. The quantitative estimate of drug-likeness (QED) is 0.703. The number of halogens is 1. The predicted molar refractivity (Wildman–Crippen MR) is 91.3 cm³/mol. The van der Waals surface area contributed by atoms with E-state index in [9.17, 15) is 9.59 Å². The Kier molecular flexibility index (Phi) is 8.66. The first-order chi connectivity index (χ1) is 11.0. The Morgan fingerprint density at radius 2 is 1.96 bits per heavy atom. The summed E-state index contributed by atoms with van der Waals surface area (Å²) in [5.74, 6) is -0.212. The van der Waals surface area contributed by atoms with Crippen LogP contribution in [0.1, 0.15) is 32.3 Å². The third kappa shape index (κ3) is 6.59. The molecule has 0 spiro atoms. The van der Waals surface area contributed by atoms with Gasteiger partial charge in [-0.3, -0.25) is 9.59 Å². The van der Waals surface area contributed by atoms with Gasteiger partial charge in [0.2, 0.25) is 11.8 Å². The second-order valence-electron chi connectivity index (χ2n) is 5.32. The number of nitrogens with zero attached hydrogens (tertiary/aromatic N) is 1. The third-order valence-electron chi connectivity index (χ3n) is 3.56. The molecule has 0 saturated carbocycles. The highest BCUT2D eigenvalue weighted by Crippen LogP contribution is 2.14. The Morgan fingerprint density at radius 1 is 1.30 bits per heavy atom. The lowest BCUT2D eigenvalue weighted by atomic mass is 10.1. The number of hydrogen-bond donors (Lipinski definition) is 1. The van der Waals surface area contributed by atoms with Gasteiger partial charge in [0, 0.05) is 38.2 Å². The molecule has 0 aliphatic rings. The van der Waals surface area contributed by atoms with Gasteiger partial charge in [-0.2, -0.15) is 0 Å². The van der Waals surface area contributed by atoms with E-state index in [4.69, 9.17) is 16.3 Å². The average molecular weight is 341 g/mol. The largest absolute Gasteiger partial charge is 0.385 e. The number of carbonyl (C=O) groups excluding carboxylic acids is 2. The lowest BCUT2D eigenvalue weighted by Crippen LogP contribution is -2.47. The van der Waals surface area contributed by atoms with Crippen LogP contribution in [0.2, 0.25) is 5.02 Å². The number of methoxy groups -OCH3 is 1. The standard InChI is InChI=1S/C17H25ClN2O3/c1-4-16(21)20(12-14-6-8-15(18)9-7-14)13(2)17(22)19-10-5-11-23-3/h6-9,13H,4-5,10-12H2,1-3H3,(H,19,22)/t13-/m1/s1. The van der Waals surface area contributed by atoms with Gasteiger partial charge in [-0.15, -0.1) is 0 Å². The van der Waals surface area contributed by atoms with E-state index < -0.39 is 6.04 Å². The average Bonchev–Trinajstić information content (AvgIpc) is 2.56. The van der Waals surface area contributed by atoms with Crippen LogP contribution in [0.15, 0.2) is 24.3 Å². The molecule has 0 aliphatic carbocycles. The lowest BCUT2D eigenvalue weighted by Gasteiger charge is -2.28. The highest BCUT2D eigenvalue weighted by Gasteiger charge is 2.24. The molecule has 0 unspecified atom stereocenters.